The number of halogens is 1. The van der Waals surface area contributed by atoms with Crippen molar-refractivity contribution in [3.8, 4) is 17.0 Å². The van der Waals surface area contributed by atoms with Gasteiger partial charge in [0.2, 0.25) is 0 Å². The molecule has 0 aliphatic carbocycles. The standard InChI is InChI=1S/C20H22BrN5O2/c1-25(2)16-7-5-14(6-8-16)23-20(27)24-15-9-13(10-17(11-15)28-4)19-18(21)12-22-26(19)3/h5-12H,1-4H3,(H2,23,24,27). The molecule has 1 heterocycles. The van der Waals surface area contributed by atoms with Crippen LogP contribution >= 0.6 is 15.9 Å². The minimum absolute atomic E-state index is 0.333. The summed E-state index contributed by atoms with van der Waals surface area (Å²) in [5.41, 5.74) is 4.15. The van der Waals surface area contributed by atoms with Crippen LogP contribution in [0.3, 0.4) is 0 Å². The SMILES string of the molecule is COc1cc(NC(=O)Nc2ccc(N(C)C)cc2)cc(-c2c(Br)cnn2C)c1. The van der Waals surface area contributed by atoms with Crippen molar-refractivity contribution in [1.82, 2.24) is 9.78 Å². The lowest BCUT2D eigenvalue weighted by atomic mass is 10.1. The highest BCUT2D eigenvalue weighted by atomic mass is 79.9. The molecule has 0 spiro atoms. The first-order valence-corrected chi connectivity index (χ1v) is 9.39. The van der Waals surface area contributed by atoms with Gasteiger partial charge in [-0.25, -0.2) is 4.79 Å². The average Bonchev–Trinajstić information content (AvgIpc) is 3.00. The summed E-state index contributed by atoms with van der Waals surface area (Å²) < 4.78 is 8.01. The normalized spacial score (nSPS) is 10.5. The molecule has 2 N–H and O–H groups in total. The fourth-order valence-electron chi connectivity index (χ4n) is 2.80. The molecule has 0 aliphatic heterocycles. The fourth-order valence-corrected chi connectivity index (χ4v) is 3.37. The first-order valence-electron chi connectivity index (χ1n) is 8.59. The first kappa shape index (κ1) is 19.8. The van der Waals surface area contributed by atoms with Crippen LogP contribution in [0.5, 0.6) is 5.75 Å². The summed E-state index contributed by atoms with van der Waals surface area (Å²) in [5.74, 6) is 0.635. The minimum Gasteiger partial charge on any atom is -0.497 e. The molecule has 2 amide bonds. The van der Waals surface area contributed by atoms with Gasteiger partial charge in [-0.15, -0.1) is 0 Å². The van der Waals surface area contributed by atoms with Crippen LogP contribution in [0, 0.1) is 0 Å². The molecular weight excluding hydrogens is 422 g/mol. The van der Waals surface area contributed by atoms with Crippen LogP contribution in [-0.2, 0) is 7.05 Å². The van der Waals surface area contributed by atoms with Crippen LogP contribution in [0.1, 0.15) is 0 Å². The van der Waals surface area contributed by atoms with E-state index in [1.807, 2.05) is 62.4 Å². The van der Waals surface area contributed by atoms with Crippen LogP contribution in [0.4, 0.5) is 21.9 Å². The number of carbonyl (C=O) groups is 1. The van der Waals surface area contributed by atoms with E-state index in [1.54, 1.807) is 24.1 Å². The highest BCUT2D eigenvalue weighted by molar-refractivity contribution is 9.10. The highest BCUT2D eigenvalue weighted by Crippen LogP contribution is 2.32. The molecule has 0 radical (unpaired) electrons. The monoisotopic (exact) mass is 443 g/mol. The smallest absolute Gasteiger partial charge is 0.323 e. The summed E-state index contributed by atoms with van der Waals surface area (Å²) in [6.45, 7) is 0. The van der Waals surface area contributed by atoms with Crippen molar-refractivity contribution in [1.29, 1.82) is 0 Å². The number of nitrogens with zero attached hydrogens (tertiary/aromatic N) is 3. The van der Waals surface area contributed by atoms with E-state index in [-0.39, 0.29) is 6.03 Å². The van der Waals surface area contributed by atoms with Gasteiger partial charge in [0, 0.05) is 49.8 Å². The van der Waals surface area contributed by atoms with Crippen molar-refractivity contribution in [2.24, 2.45) is 7.05 Å². The molecule has 1 aromatic heterocycles. The van der Waals surface area contributed by atoms with Gasteiger partial charge < -0.3 is 20.3 Å². The Morgan fingerprint density at radius 2 is 1.79 bits per heavy atom. The van der Waals surface area contributed by atoms with Gasteiger partial charge in [0.25, 0.3) is 0 Å². The maximum absolute atomic E-state index is 12.4. The van der Waals surface area contributed by atoms with Crippen molar-refractivity contribution >= 4 is 39.0 Å². The molecule has 0 unspecified atom stereocenters. The van der Waals surface area contributed by atoms with Gasteiger partial charge in [0.05, 0.1) is 23.5 Å². The molecule has 0 aliphatic rings. The molecular formula is C20H22BrN5O2. The number of hydrogen-bond donors (Lipinski definition) is 2. The van der Waals surface area contributed by atoms with Gasteiger partial charge >= 0.3 is 6.03 Å². The third kappa shape index (κ3) is 4.45. The van der Waals surface area contributed by atoms with E-state index < -0.39 is 0 Å². The zero-order chi connectivity index (χ0) is 20.3. The summed E-state index contributed by atoms with van der Waals surface area (Å²) >= 11 is 3.51. The van der Waals surface area contributed by atoms with Crippen molar-refractivity contribution < 1.29 is 9.53 Å². The van der Waals surface area contributed by atoms with Gasteiger partial charge in [0.15, 0.2) is 0 Å². The van der Waals surface area contributed by atoms with E-state index >= 15 is 0 Å². The second-order valence-electron chi connectivity index (χ2n) is 6.44. The highest BCUT2D eigenvalue weighted by Gasteiger charge is 2.13. The molecule has 2 aromatic carbocycles. The molecule has 0 saturated heterocycles. The van der Waals surface area contributed by atoms with Crippen LogP contribution in [0.15, 0.2) is 53.1 Å². The predicted molar refractivity (Wildman–Crippen MR) is 116 cm³/mol. The number of methoxy groups -OCH3 is 1. The number of nitrogens with one attached hydrogen (secondary N) is 2. The molecule has 0 saturated carbocycles. The maximum Gasteiger partial charge on any atom is 0.323 e. The number of hydrogen-bond acceptors (Lipinski definition) is 4. The van der Waals surface area contributed by atoms with Gasteiger partial charge in [-0.2, -0.15) is 5.10 Å². The number of ether oxygens (including phenoxy) is 1. The predicted octanol–water partition coefficient (Wildman–Crippen LogP) is 4.57. The molecule has 0 atom stereocenters. The molecule has 28 heavy (non-hydrogen) atoms. The topological polar surface area (TPSA) is 71.4 Å². The average molecular weight is 444 g/mol. The van der Waals surface area contributed by atoms with E-state index in [4.69, 9.17) is 4.74 Å². The summed E-state index contributed by atoms with van der Waals surface area (Å²) in [5, 5.41) is 9.93. The molecule has 146 valence electrons. The van der Waals surface area contributed by atoms with Crippen LogP contribution < -0.4 is 20.3 Å². The van der Waals surface area contributed by atoms with E-state index in [0.29, 0.717) is 17.1 Å². The molecule has 0 fully saturated rings. The second kappa shape index (κ2) is 8.35. The van der Waals surface area contributed by atoms with Crippen molar-refractivity contribution in [3.05, 3.63) is 53.1 Å². The van der Waals surface area contributed by atoms with Gasteiger partial charge in [0.1, 0.15) is 5.75 Å². The summed E-state index contributed by atoms with van der Waals surface area (Å²) in [7, 11) is 7.39. The summed E-state index contributed by atoms with van der Waals surface area (Å²) in [4.78, 5) is 14.4. The third-order valence-corrected chi connectivity index (χ3v) is 4.79. The second-order valence-corrected chi connectivity index (χ2v) is 7.29. The molecule has 3 rings (SSSR count). The largest absolute Gasteiger partial charge is 0.497 e. The van der Waals surface area contributed by atoms with E-state index in [1.165, 1.54) is 0 Å². The number of amides is 2. The van der Waals surface area contributed by atoms with Crippen LogP contribution in [0.2, 0.25) is 0 Å². The zero-order valence-corrected chi connectivity index (χ0v) is 17.7. The Labute approximate surface area is 172 Å². The number of rotatable bonds is 5. The molecule has 7 nitrogen and oxygen atoms in total. The first-order chi connectivity index (χ1) is 13.4. The number of urea groups is 1. The number of aromatic nitrogens is 2. The number of aryl methyl sites for hydroxylation is 1. The Morgan fingerprint density at radius 1 is 1.11 bits per heavy atom. The van der Waals surface area contributed by atoms with Crippen molar-refractivity contribution in [2.75, 3.05) is 36.7 Å². The maximum atomic E-state index is 12.4. The van der Waals surface area contributed by atoms with E-state index in [9.17, 15) is 4.79 Å². The number of benzene rings is 2. The molecule has 3 aromatic rings. The zero-order valence-electron chi connectivity index (χ0n) is 16.2. The van der Waals surface area contributed by atoms with Crippen LogP contribution in [0.25, 0.3) is 11.3 Å². The van der Waals surface area contributed by atoms with Crippen molar-refractivity contribution in [3.63, 3.8) is 0 Å². The Balaban J connectivity index is 1.79. The lowest BCUT2D eigenvalue weighted by Crippen LogP contribution is -2.19. The van der Waals surface area contributed by atoms with Gasteiger partial charge in [-0.1, -0.05) is 0 Å². The van der Waals surface area contributed by atoms with Crippen molar-refractivity contribution in [2.45, 2.75) is 0 Å². The number of carbonyl (C=O) groups excluding carboxylic acids is 1. The third-order valence-electron chi connectivity index (χ3n) is 4.21. The Kier molecular flexibility index (Phi) is 5.89. The Bertz CT molecular complexity index is 963. The van der Waals surface area contributed by atoms with E-state index in [2.05, 4.69) is 31.7 Å². The van der Waals surface area contributed by atoms with Gasteiger partial charge in [-0.05, 0) is 52.3 Å². The lowest BCUT2D eigenvalue weighted by molar-refractivity contribution is 0.262. The summed E-state index contributed by atoms with van der Waals surface area (Å²) in [6.07, 6.45) is 1.73. The fraction of sp³-hybridized carbons (Fsp3) is 0.200. The van der Waals surface area contributed by atoms with E-state index in [0.717, 1.165) is 21.4 Å². The van der Waals surface area contributed by atoms with Crippen LogP contribution in [-0.4, -0.2) is 37.0 Å². The number of anilines is 3. The molecule has 0 bridgehead atoms. The lowest BCUT2D eigenvalue weighted by Gasteiger charge is -2.14. The molecule has 8 heteroatoms. The quantitative estimate of drug-likeness (QED) is 0.605. The van der Waals surface area contributed by atoms with Gasteiger partial charge in [-0.3, -0.25) is 4.68 Å². The Hall–Kier alpha value is -3.00. The Morgan fingerprint density at radius 3 is 2.36 bits per heavy atom. The minimum atomic E-state index is -0.333. The summed E-state index contributed by atoms with van der Waals surface area (Å²) in [6, 6.07) is 12.8.